The quantitative estimate of drug-likeness (QED) is 0.656. The molecular formula is C15H19NO2. The van der Waals surface area contributed by atoms with Gasteiger partial charge in [0.1, 0.15) is 5.41 Å². The molecule has 2 rings (SSSR count). The van der Waals surface area contributed by atoms with E-state index < -0.39 is 5.41 Å². The maximum Gasteiger partial charge on any atom is 0.318 e. The van der Waals surface area contributed by atoms with Crippen LogP contribution in [0.15, 0.2) is 42.5 Å². The van der Waals surface area contributed by atoms with Gasteiger partial charge < -0.3 is 10.5 Å². The van der Waals surface area contributed by atoms with Crippen LogP contribution in [0.25, 0.3) is 0 Å². The van der Waals surface area contributed by atoms with Crippen LogP contribution in [-0.4, -0.2) is 18.6 Å². The number of carbonyl (C=O) groups is 1. The Morgan fingerprint density at radius 2 is 2.17 bits per heavy atom. The first-order valence-corrected chi connectivity index (χ1v) is 6.37. The smallest absolute Gasteiger partial charge is 0.318 e. The molecule has 96 valence electrons. The minimum atomic E-state index is -0.730. The van der Waals surface area contributed by atoms with Crippen LogP contribution in [0, 0.1) is 0 Å². The zero-order chi connectivity index (χ0) is 13.0. The SMILES string of the molecule is CCOC(=O)[C@@]1(c2ccccc2)CCC=C[C@H]1N. The summed E-state index contributed by atoms with van der Waals surface area (Å²) in [5.74, 6) is -0.215. The number of rotatable bonds is 3. The molecule has 0 saturated carbocycles. The molecule has 0 fully saturated rings. The van der Waals surface area contributed by atoms with Crippen molar-refractivity contribution in [3.05, 3.63) is 48.0 Å². The summed E-state index contributed by atoms with van der Waals surface area (Å²) >= 11 is 0. The Labute approximate surface area is 108 Å². The van der Waals surface area contributed by atoms with Gasteiger partial charge in [0.05, 0.1) is 6.61 Å². The number of ether oxygens (including phenoxy) is 1. The van der Waals surface area contributed by atoms with E-state index in [1.807, 2.05) is 49.4 Å². The molecule has 2 N–H and O–H groups in total. The number of esters is 1. The minimum absolute atomic E-state index is 0.215. The van der Waals surface area contributed by atoms with Crippen LogP contribution in [0.4, 0.5) is 0 Å². The maximum absolute atomic E-state index is 12.4. The molecule has 0 aliphatic heterocycles. The third-order valence-corrected chi connectivity index (χ3v) is 3.55. The molecule has 0 spiro atoms. The van der Waals surface area contributed by atoms with Crippen molar-refractivity contribution in [3.8, 4) is 0 Å². The van der Waals surface area contributed by atoms with Gasteiger partial charge in [-0.05, 0) is 25.3 Å². The molecule has 18 heavy (non-hydrogen) atoms. The van der Waals surface area contributed by atoms with Crippen molar-refractivity contribution in [1.29, 1.82) is 0 Å². The van der Waals surface area contributed by atoms with E-state index in [4.69, 9.17) is 10.5 Å². The van der Waals surface area contributed by atoms with Crippen LogP contribution in [0.3, 0.4) is 0 Å². The van der Waals surface area contributed by atoms with Crippen molar-refractivity contribution >= 4 is 5.97 Å². The van der Waals surface area contributed by atoms with E-state index in [0.717, 1.165) is 12.0 Å². The average molecular weight is 245 g/mol. The highest BCUT2D eigenvalue weighted by molar-refractivity contribution is 5.85. The Hall–Kier alpha value is -1.61. The van der Waals surface area contributed by atoms with Crippen molar-refractivity contribution in [1.82, 2.24) is 0 Å². The van der Waals surface area contributed by atoms with E-state index in [9.17, 15) is 4.79 Å². The molecule has 3 heteroatoms. The third-order valence-electron chi connectivity index (χ3n) is 3.55. The van der Waals surface area contributed by atoms with Crippen molar-refractivity contribution in [2.75, 3.05) is 6.61 Å². The number of allylic oxidation sites excluding steroid dienone is 1. The summed E-state index contributed by atoms with van der Waals surface area (Å²) in [4.78, 5) is 12.4. The van der Waals surface area contributed by atoms with Crippen LogP contribution in [0.5, 0.6) is 0 Å². The second-order valence-electron chi connectivity index (χ2n) is 4.55. The van der Waals surface area contributed by atoms with Crippen LogP contribution in [0.1, 0.15) is 25.3 Å². The summed E-state index contributed by atoms with van der Waals surface area (Å²) in [6, 6.07) is 9.38. The number of benzene rings is 1. The summed E-state index contributed by atoms with van der Waals surface area (Å²) in [5, 5.41) is 0. The number of nitrogens with two attached hydrogens (primary N) is 1. The Kier molecular flexibility index (Phi) is 3.82. The largest absolute Gasteiger partial charge is 0.465 e. The molecule has 2 atom stereocenters. The Morgan fingerprint density at radius 1 is 1.44 bits per heavy atom. The lowest BCUT2D eigenvalue weighted by atomic mass is 9.69. The van der Waals surface area contributed by atoms with Gasteiger partial charge in [-0.1, -0.05) is 42.5 Å². The third kappa shape index (κ3) is 2.06. The van der Waals surface area contributed by atoms with Gasteiger partial charge in [-0.25, -0.2) is 0 Å². The predicted molar refractivity (Wildman–Crippen MR) is 71.1 cm³/mol. The first-order valence-electron chi connectivity index (χ1n) is 6.37. The van der Waals surface area contributed by atoms with Gasteiger partial charge in [-0.2, -0.15) is 0 Å². The molecule has 1 aromatic carbocycles. The van der Waals surface area contributed by atoms with E-state index >= 15 is 0 Å². The zero-order valence-electron chi connectivity index (χ0n) is 10.6. The minimum Gasteiger partial charge on any atom is -0.465 e. The first-order chi connectivity index (χ1) is 8.71. The Morgan fingerprint density at radius 3 is 2.78 bits per heavy atom. The van der Waals surface area contributed by atoms with E-state index in [2.05, 4.69) is 0 Å². The molecule has 0 unspecified atom stereocenters. The molecular weight excluding hydrogens is 226 g/mol. The lowest BCUT2D eigenvalue weighted by Crippen LogP contribution is -2.52. The second kappa shape index (κ2) is 5.36. The van der Waals surface area contributed by atoms with Gasteiger partial charge in [0.25, 0.3) is 0 Å². The summed E-state index contributed by atoms with van der Waals surface area (Å²) < 4.78 is 5.26. The molecule has 3 nitrogen and oxygen atoms in total. The van der Waals surface area contributed by atoms with Crippen molar-refractivity contribution < 1.29 is 9.53 Å². The van der Waals surface area contributed by atoms with Gasteiger partial charge >= 0.3 is 5.97 Å². The highest BCUT2D eigenvalue weighted by Crippen LogP contribution is 2.37. The van der Waals surface area contributed by atoms with E-state index in [0.29, 0.717) is 13.0 Å². The van der Waals surface area contributed by atoms with Crippen LogP contribution in [-0.2, 0) is 14.9 Å². The fourth-order valence-corrected chi connectivity index (χ4v) is 2.57. The van der Waals surface area contributed by atoms with E-state index in [-0.39, 0.29) is 12.0 Å². The van der Waals surface area contributed by atoms with Crippen LogP contribution < -0.4 is 5.73 Å². The summed E-state index contributed by atoms with van der Waals surface area (Å²) in [6.45, 7) is 2.20. The van der Waals surface area contributed by atoms with Crippen LogP contribution >= 0.6 is 0 Å². The Balaban J connectivity index is 2.46. The highest BCUT2D eigenvalue weighted by atomic mass is 16.5. The fraction of sp³-hybridized carbons (Fsp3) is 0.400. The van der Waals surface area contributed by atoms with Gasteiger partial charge in [-0.15, -0.1) is 0 Å². The van der Waals surface area contributed by atoms with Gasteiger partial charge in [0, 0.05) is 6.04 Å². The predicted octanol–water partition coefficient (Wildman–Crippen LogP) is 2.16. The van der Waals surface area contributed by atoms with Crippen molar-refractivity contribution in [2.45, 2.75) is 31.2 Å². The van der Waals surface area contributed by atoms with Crippen molar-refractivity contribution in [3.63, 3.8) is 0 Å². The molecule has 0 aromatic heterocycles. The molecule has 1 aromatic rings. The normalized spacial score (nSPS) is 26.9. The highest BCUT2D eigenvalue weighted by Gasteiger charge is 2.46. The fourth-order valence-electron chi connectivity index (χ4n) is 2.57. The van der Waals surface area contributed by atoms with Crippen LogP contribution in [0.2, 0.25) is 0 Å². The summed E-state index contributed by atoms with van der Waals surface area (Å²) in [6.07, 6.45) is 5.49. The van der Waals surface area contributed by atoms with Gasteiger partial charge in [-0.3, -0.25) is 4.79 Å². The molecule has 0 heterocycles. The summed E-state index contributed by atoms with van der Waals surface area (Å²) in [5.41, 5.74) is 6.40. The lowest BCUT2D eigenvalue weighted by Gasteiger charge is -2.37. The van der Waals surface area contributed by atoms with E-state index in [1.54, 1.807) is 0 Å². The number of hydrogen-bond acceptors (Lipinski definition) is 3. The molecule has 1 aliphatic carbocycles. The Bertz CT molecular complexity index is 441. The number of hydrogen-bond donors (Lipinski definition) is 1. The van der Waals surface area contributed by atoms with Gasteiger partial charge in [0.15, 0.2) is 0 Å². The number of carbonyl (C=O) groups excluding carboxylic acids is 1. The summed E-state index contributed by atoms with van der Waals surface area (Å²) in [7, 11) is 0. The zero-order valence-corrected chi connectivity index (χ0v) is 10.6. The molecule has 1 aliphatic rings. The molecule has 0 bridgehead atoms. The molecule has 0 radical (unpaired) electrons. The van der Waals surface area contributed by atoms with Gasteiger partial charge in [0.2, 0.25) is 0 Å². The van der Waals surface area contributed by atoms with E-state index in [1.165, 1.54) is 0 Å². The molecule has 0 saturated heterocycles. The average Bonchev–Trinajstić information content (AvgIpc) is 2.41. The first kappa shape index (κ1) is 12.8. The molecule has 0 amide bonds. The standard InChI is InChI=1S/C15H19NO2/c1-2-18-14(17)15(11-7-6-10-13(15)16)12-8-4-3-5-9-12/h3-6,8-10,13H,2,7,11,16H2,1H3/t13-,15-/m1/s1. The maximum atomic E-state index is 12.4. The van der Waals surface area contributed by atoms with Crippen molar-refractivity contribution in [2.24, 2.45) is 5.73 Å². The second-order valence-corrected chi connectivity index (χ2v) is 4.55. The topological polar surface area (TPSA) is 52.3 Å². The monoisotopic (exact) mass is 245 g/mol. The lowest BCUT2D eigenvalue weighted by molar-refractivity contribution is -0.151.